The first-order valence-electron chi connectivity index (χ1n) is 15.5. The van der Waals surface area contributed by atoms with Gasteiger partial charge in [0.25, 0.3) is 0 Å². The summed E-state index contributed by atoms with van der Waals surface area (Å²) in [5.74, 6) is -0.137. The van der Waals surface area contributed by atoms with Crippen LogP contribution < -0.4 is 10.6 Å². The smallest absolute Gasteiger partial charge is 0.249 e. The number of hydrogen-bond donors (Lipinski definition) is 2. The van der Waals surface area contributed by atoms with Crippen LogP contribution in [0.3, 0.4) is 0 Å². The first kappa shape index (κ1) is 38.2. The zero-order valence-electron chi connectivity index (χ0n) is 27.8. The van der Waals surface area contributed by atoms with E-state index in [1.165, 1.54) is 17.8 Å². The molecule has 0 bridgehead atoms. The molecular formula is C31H55N7O4S. The van der Waals surface area contributed by atoms with E-state index in [1.807, 2.05) is 38.7 Å². The molecule has 12 heteroatoms. The van der Waals surface area contributed by atoms with Crippen molar-refractivity contribution in [1.82, 2.24) is 30.2 Å². The van der Waals surface area contributed by atoms with Crippen molar-refractivity contribution in [2.45, 2.75) is 112 Å². The summed E-state index contributed by atoms with van der Waals surface area (Å²) in [6.07, 6.45) is 8.71. The predicted molar refractivity (Wildman–Crippen MR) is 174 cm³/mol. The molecule has 43 heavy (non-hydrogen) atoms. The van der Waals surface area contributed by atoms with E-state index in [0.29, 0.717) is 29.7 Å². The highest BCUT2D eigenvalue weighted by atomic mass is 32.1. The number of likely N-dealkylation sites (N-methyl/N-ethyl adjacent to an activating group) is 1. The van der Waals surface area contributed by atoms with Crippen LogP contribution in [0.1, 0.15) is 93.9 Å². The van der Waals surface area contributed by atoms with E-state index in [9.17, 15) is 19.2 Å². The standard InChI is InChI=1S/C25H44N4O3.C3H3N3OS.C3H8/c1-18(2)29-16-9-8-12-20(29)22(30)26-21(25(4,5)6)24(32)27(7)17-13-19(3)23(31)28-14-10-11-15-28;7-1-4-3-6-5-2-8-3;1-3-2/h13,18,20-21H,8-12,14-17H2,1-7H3,(H,26,30);1-2H,(H,4,6,7);3H2,1-2H3/b19-13+;;. The Kier molecular flexibility index (Phi) is 17.2. The van der Waals surface area contributed by atoms with Crippen molar-refractivity contribution in [3.8, 4) is 0 Å². The van der Waals surface area contributed by atoms with Crippen molar-refractivity contribution in [3.05, 3.63) is 17.2 Å². The quantitative estimate of drug-likeness (QED) is 0.310. The number of nitrogens with zero attached hydrogens (tertiary/aromatic N) is 5. The summed E-state index contributed by atoms with van der Waals surface area (Å²) in [4.78, 5) is 54.5. The van der Waals surface area contributed by atoms with Crippen LogP contribution in [0.25, 0.3) is 0 Å². The number of aromatic nitrogens is 2. The number of carbonyl (C=O) groups is 4. The van der Waals surface area contributed by atoms with Crippen molar-refractivity contribution in [3.63, 3.8) is 0 Å². The molecular weight excluding hydrogens is 566 g/mol. The Balaban J connectivity index is 0.000000705. The van der Waals surface area contributed by atoms with Gasteiger partial charge in [-0.25, -0.2) is 0 Å². The van der Waals surface area contributed by atoms with E-state index in [-0.39, 0.29) is 23.8 Å². The molecule has 2 fully saturated rings. The van der Waals surface area contributed by atoms with Crippen molar-refractivity contribution in [2.24, 2.45) is 5.41 Å². The van der Waals surface area contributed by atoms with Crippen LogP contribution in [-0.2, 0) is 19.2 Å². The summed E-state index contributed by atoms with van der Waals surface area (Å²) < 4.78 is 0. The Morgan fingerprint density at radius 1 is 1.12 bits per heavy atom. The fourth-order valence-electron chi connectivity index (χ4n) is 4.87. The van der Waals surface area contributed by atoms with E-state index in [4.69, 9.17) is 0 Å². The molecule has 2 aliphatic heterocycles. The summed E-state index contributed by atoms with van der Waals surface area (Å²) >= 11 is 1.28. The molecule has 0 aromatic carbocycles. The zero-order valence-corrected chi connectivity index (χ0v) is 28.6. The number of likely N-dealkylation sites (tertiary alicyclic amines) is 2. The molecule has 0 aliphatic carbocycles. The Morgan fingerprint density at radius 2 is 1.72 bits per heavy atom. The molecule has 0 spiro atoms. The second kappa shape index (κ2) is 19.4. The van der Waals surface area contributed by atoms with Crippen LogP contribution in [0, 0.1) is 5.41 Å². The van der Waals surface area contributed by atoms with Crippen LogP contribution in [0.5, 0.6) is 0 Å². The minimum atomic E-state index is -0.626. The third kappa shape index (κ3) is 13.1. The summed E-state index contributed by atoms with van der Waals surface area (Å²) in [5, 5.41) is 13.0. The van der Waals surface area contributed by atoms with E-state index < -0.39 is 11.5 Å². The van der Waals surface area contributed by atoms with Gasteiger partial charge in [0.05, 0.1) is 6.04 Å². The van der Waals surface area contributed by atoms with E-state index in [2.05, 4.69) is 53.4 Å². The van der Waals surface area contributed by atoms with Gasteiger partial charge in [0.1, 0.15) is 11.6 Å². The second-order valence-electron chi connectivity index (χ2n) is 12.5. The van der Waals surface area contributed by atoms with Crippen molar-refractivity contribution in [2.75, 3.05) is 38.5 Å². The van der Waals surface area contributed by atoms with Gasteiger partial charge in [-0.05, 0) is 58.4 Å². The number of hydrogen-bond acceptors (Lipinski definition) is 8. The van der Waals surface area contributed by atoms with Crippen molar-refractivity contribution >= 4 is 40.6 Å². The van der Waals surface area contributed by atoms with Crippen LogP contribution in [0.2, 0.25) is 0 Å². The Morgan fingerprint density at radius 3 is 2.23 bits per heavy atom. The molecule has 3 rings (SSSR count). The lowest BCUT2D eigenvalue weighted by molar-refractivity contribution is -0.140. The maximum absolute atomic E-state index is 13.3. The maximum atomic E-state index is 13.3. The highest BCUT2D eigenvalue weighted by Gasteiger charge is 2.38. The van der Waals surface area contributed by atoms with Gasteiger partial charge in [-0.15, -0.1) is 10.2 Å². The zero-order chi connectivity index (χ0) is 32.6. The van der Waals surface area contributed by atoms with Crippen molar-refractivity contribution in [1.29, 1.82) is 0 Å². The van der Waals surface area contributed by atoms with E-state index in [0.717, 1.165) is 51.7 Å². The topological polar surface area (TPSA) is 128 Å². The van der Waals surface area contributed by atoms with Crippen LogP contribution in [0.15, 0.2) is 17.2 Å². The molecule has 11 nitrogen and oxygen atoms in total. The molecule has 2 unspecified atom stereocenters. The molecule has 2 atom stereocenters. The largest absolute Gasteiger partial charge is 0.342 e. The Hall–Kier alpha value is -2.86. The molecule has 244 valence electrons. The maximum Gasteiger partial charge on any atom is 0.249 e. The summed E-state index contributed by atoms with van der Waals surface area (Å²) in [6.45, 7) is 19.1. The molecule has 2 N–H and O–H groups in total. The van der Waals surface area contributed by atoms with Gasteiger partial charge in [0, 0.05) is 38.3 Å². The van der Waals surface area contributed by atoms with Gasteiger partial charge in [-0.2, -0.15) is 0 Å². The number of piperidine rings is 1. The molecule has 2 saturated heterocycles. The van der Waals surface area contributed by atoms with E-state index in [1.54, 1.807) is 17.5 Å². The molecule has 0 saturated carbocycles. The minimum absolute atomic E-state index is 0.0510. The fourth-order valence-corrected chi connectivity index (χ4v) is 5.27. The Bertz CT molecular complexity index is 1020. The molecule has 2 aliphatic rings. The number of amides is 4. The van der Waals surface area contributed by atoms with Gasteiger partial charge >= 0.3 is 0 Å². The number of rotatable bonds is 9. The number of nitrogens with one attached hydrogen (secondary N) is 2. The fraction of sp³-hybridized carbons (Fsp3) is 0.742. The average molecular weight is 622 g/mol. The number of carbonyl (C=O) groups excluding carboxylic acids is 4. The first-order chi connectivity index (χ1) is 20.3. The molecule has 1 aromatic rings. The summed E-state index contributed by atoms with van der Waals surface area (Å²) in [5.41, 5.74) is 1.78. The summed E-state index contributed by atoms with van der Waals surface area (Å²) in [7, 11) is 1.73. The van der Waals surface area contributed by atoms with Gasteiger partial charge < -0.3 is 20.4 Å². The highest BCUT2D eigenvalue weighted by molar-refractivity contribution is 7.13. The third-order valence-corrected chi connectivity index (χ3v) is 7.85. The summed E-state index contributed by atoms with van der Waals surface area (Å²) in [6, 6.07) is -0.523. The Labute approximate surface area is 262 Å². The molecule has 0 radical (unpaired) electrons. The van der Waals surface area contributed by atoms with E-state index >= 15 is 0 Å². The molecule has 3 heterocycles. The normalized spacial score (nSPS) is 18.0. The lowest BCUT2D eigenvalue weighted by Gasteiger charge is -2.40. The first-order valence-corrected chi connectivity index (χ1v) is 16.4. The van der Waals surface area contributed by atoms with Gasteiger partial charge in [-0.1, -0.05) is 64.9 Å². The third-order valence-electron chi connectivity index (χ3n) is 7.23. The van der Waals surface area contributed by atoms with Gasteiger partial charge in [-0.3, -0.25) is 24.1 Å². The van der Waals surface area contributed by atoms with Gasteiger partial charge in [0.15, 0.2) is 0 Å². The van der Waals surface area contributed by atoms with Crippen LogP contribution in [-0.4, -0.2) is 100 Å². The number of anilines is 1. The van der Waals surface area contributed by atoms with Crippen LogP contribution >= 0.6 is 11.3 Å². The van der Waals surface area contributed by atoms with Gasteiger partial charge in [0.2, 0.25) is 29.3 Å². The molecule has 1 aromatic heterocycles. The lowest BCUT2D eigenvalue weighted by atomic mass is 9.85. The SMILES string of the molecule is C/C(=C\CN(C)C(=O)C(NC(=O)C1CCCCN1C(C)C)C(C)(C)C)C(=O)N1CCCC1.CCC.O=CNc1nncs1. The monoisotopic (exact) mass is 621 g/mol. The molecule has 4 amide bonds. The lowest BCUT2D eigenvalue weighted by Crippen LogP contribution is -2.59. The predicted octanol–water partition coefficient (Wildman–Crippen LogP) is 4.33. The van der Waals surface area contributed by atoms with Crippen LogP contribution in [0.4, 0.5) is 5.13 Å². The highest BCUT2D eigenvalue weighted by Crippen LogP contribution is 2.24. The minimum Gasteiger partial charge on any atom is -0.342 e. The second-order valence-corrected chi connectivity index (χ2v) is 13.3. The average Bonchev–Trinajstić information content (AvgIpc) is 3.69. The van der Waals surface area contributed by atoms with Crippen molar-refractivity contribution < 1.29 is 19.2 Å².